The van der Waals surface area contributed by atoms with Crippen molar-refractivity contribution in [2.75, 3.05) is 0 Å². The third-order valence-corrected chi connectivity index (χ3v) is 6.21. The number of furan rings is 2. The van der Waals surface area contributed by atoms with Gasteiger partial charge < -0.3 is 8.83 Å². The molecule has 0 saturated carbocycles. The quantitative estimate of drug-likeness (QED) is 0.373. The van der Waals surface area contributed by atoms with Crippen LogP contribution in [0.15, 0.2) is 67.1 Å². The van der Waals surface area contributed by atoms with Gasteiger partial charge in [0.25, 0.3) is 5.56 Å². The standard InChI is InChI=1S/C23H16BrN3O3/c24-14-8-6-13(7-9-14)11-27-12-25-20-18-15-3-1-4-16(15)19(17-5-2-10-29-17)26-22(18)30-21(20)23(27)28/h2,5-10,12H,1,3-4,11H2. The molecule has 0 aliphatic heterocycles. The van der Waals surface area contributed by atoms with Crippen LogP contribution in [-0.4, -0.2) is 14.5 Å². The summed E-state index contributed by atoms with van der Waals surface area (Å²) in [5.41, 5.74) is 5.24. The van der Waals surface area contributed by atoms with E-state index in [1.807, 2.05) is 36.4 Å². The first kappa shape index (κ1) is 17.7. The van der Waals surface area contributed by atoms with Gasteiger partial charge in [-0.25, -0.2) is 9.97 Å². The molecule has 4 aromatic heterocycles. The predicted molar refractivity (Wildman–Crippen MR) is 117 cm³/mol. The summed E-state index contributed by atoms with van der Waals surface area (Å²) in [5.74, 6) is 0.719. The molecule has 1 aliphatic carbocycles. The predicted octanol–water partition coefficient (Wildman–Crippen LogP) is 5.10. The first-order valence-corrected chi connectivity index (χ1v) is 10.6. The number of aryl methyl sites for hydroxylation is 1. The van der Waals surface area contributed by atoms with Crippen molar-refractivity contribution in [3.05, 3.63) is 80.5 Å². The molecule has 0 bridgehead atoms. The molecule has 6 rings (SSSR count). The summed E-state index contributed by atoms with van der Waals surface area (Å²) < 4.78 is 14.2. The lowest BCUT2D eigenvalue weighted by atomic mass is 10.0. The Labute approximate surface area is 179 Å². The lowest BCUT2D eigenvalue weighted by Crippen LogP contribution is -2.20. The molecule has 30 heavy (non-hydrogen) atoms. The summed E-state index contributed by atoms with van der Waals surface area (Å²) in [4.78, 5) is 22.5. The van der Waals surface area contributed by atoms with Crippen molar-refractivity contribution in [1.82, 2.24) is 14.5 Å². The molecule has 148 valence electrons. The molecule has 1 aromatic carbocycles. The van der Waals surface area contributed by atoms with Gasteiger partial charge in [-0.15, -0.1) is 0 Å². The van der Waals surface area contributed by atoms with Crippen LogP contribution in [-0.2, 0) is 19.4 Å². The SMILES string of the molecule is O=c1c2oc3nc(-c4ccco4)c4c(c3c2ncn1Cc1ccc(Br)cc1)CCC4. The van der Waals surface area contributed by atoms with E-state index in [4.69, 9.17) is 13.8 Å². The monoisotopic (exact) mass is 461 g/mol. The molecule has 0 N–H and O–H groups in total. The summed E-state index contributed by atoms with van der Waals surface area (Å²) >= 11 is 3.43. The Balaban J connectivity index is 1.55. The molecule has 7 heteroatoms. The second-order valence-electron chi connectivity index (χ2n) is 7.51. The average molecular weight is 462 g/mol. The maximum atomic E-state index is 13.2. The summed E-state index contributed by atoms with van der Waals surface area (Å²) in [6.07, 6.45) is 6.13. The topological polar surface area (TPSA) is 74.1 Å². The highest BCUT2D eigenvalue weighted by Crippen LogP contribution is 2.39. The van der Waals surface area contributed by atoms with Crippen molar-refractivity contribution in [2.45, 2.75) is 25.8 Å². The highest BCUT2D eigenvalue weighted by Gasteiger charge is 2.27. The van der Waals surface area contributed by atoms with Crippen LogP contribution in [0.4, 0.5) is 0 Å². The first-order chi connectivity index (χ1) is 14.7. The Kier molecular flexibility index (Phi) is 3.92. The second-order valence-corrected chi connectivity index (χ2v) is 8.43. The highest BCUT2D eigenvalue weighted by molar-refractivity contribution is 9.10. The second kappa shape index (κ2) is 6.67. The van der Waals surface area contributed by atoms with E-state index in [2.05, 4.69) is 20.9 Å². The zero-order chi connectivity index (χ0) is 20.2. The molecule has 1 aliphatic rings. The van der Waals surface area contributed by atoms with Gasteiger partial charge in [0.05, 0.1) is 24.5 Å². The van der Waals surface area contributed by atoms with Crippen molar-refractivity contribution in [2.24, 2.45) is 0 Å². The van der Waals surface area contributed by atoms with E-state index in [1.54, 1.807) is 17.2 Å². The van der Waals surface area contributed by atoms with Crippen molar-refractivity contribution in [3.8, 4) is 11.5 Å². The van der Waals surface area contributed by atoms with Crippen molar-refractivity contribution < 1.29 is 8.83 Å². The third kappa shape index (κ3) is 2.65. The van der Waals surface area contributed by atoms with Gasteiger partial charge in [0.15, 0.2) is 5.76 Å². The lowest BCUT2D eigenvalue weighted by Gasteiger charge is -2.06. The zero-order valence-corrected chi connectivity index (χ0v) is 17.5. The van der Waals surface area contributed by atoms with Crippen molar-refractivity contribution in [1.29, 1.82) is 0 Å². The summed E-state index contributed by atoms with van der Waals surface area (Å²) in [5, 5.41) is 0.862. The number of hydrogen-bond donors (Lipinski definition) is 0. The minimum Gasteiger partial charge on any atom is -0.463 e. The number of nitrogens with zero attached hydrogens (tertiary/aromatic N) is 3. The zero-order valence-electron chi connectivity index (χ0n) is 15.9. The molecule has 6 nitrogen and oxygen atoms in total. The Morgan fingerprint density at radius 3 is 2.73 bits per heavy atom. The van der Waals surface area contributed by atoms with Crippen LogP contribution < -0.4 is 5.56 Å². The fourth-order valence-corrected chi connectivity index (χ4v) is 4.57. The maximum Gasteiger partial charge on any atom is 0.297 e. The molecule has 0 spiro atoms. The minimum absolute atomic E-state index is 0.202. The minimum atomic E-state index is -0.202. The molecular weight excluding hydrogens is 446 g/mol. The van der Waals surface area contributed by atoms with E-state index in [9.17, 15) is 4.79 Å². The Morgan fingerprint density at radius 2 is 1.93 bits per heavy atom. The molecule has 0 amide bonds. The van der Waals surface area contributed by atoms with Crippen molar-refractivity contribution in [3.63, 3.8) is 0 Å². The van der Waals surface area contributed by atoms with Crippen LogP contribution in [0.3, 0.4) is 0 Å². The number of benzene rings is 1. The van der Waals surface area contributed by atoms with E-state index in [0.717, 1.165) is 46.1 Å². The van der Waals surface area contributed by atoms with Gasteiger partial charge in [-0.1, -0.05) is 28.1 Å². The van der Waals surface area contributed by atoms with Crippen molar-refractivity contribution >= 4 is 38.1 Å². The van der Waals surface area contributed by atoms with Gasteiger partial charge in [-0.3, -0.25) is 9.36 Å². The van der Waals surface area contributed by atoms with Gasteiger partial charge in [-0.2, -0.15) is 0 Å². The Hall–Kier alpha value is -3.19. The first-order valence-electron chi connectivity index (χ1n) is 9.81. The van der Waals surface area contributed by atoms with Crippen LogP contribution >= 0.6 is 15.9 Å². The van der Waals surface area contributed by atoms with Gasteiger partial charge in [0.2, 0.25) is 11.3 Å². The number of hydrogen-bond acceptors (Lipinski definition) is 5. The van der Waals surface area contributed by atoms with E-state index >= 15 is 0 Å². The smallest absolute Gasteiger partial charge is 0.297 e. The molecule has 0 fully saturated rings. The number of aromatic nitrogens is 3. The van der Waals surface area contributed by atoms with Gasteiger partial charge in [0, 0.05) is 4.47 Å². The van der Waals surface area contributed by atoms with Gasteiger partial charge in [0.1, 0.15) is 11.2 Å². The fraction of sp³-hybridized carbons (Fsp3) is 0.174. The lowest BCUT2D eigenvalue weighted by molar-refractivity contribution is 0.577. The van der Waals surface area contributed by atoms with E-state index in [-0.39, 0.29) is 11.1 Å². The van der Waals surface area contributed by atoms with E-state index < -0.39 is 0 Å². The maximum absolute atomic E-state index is 13.2. The largest absolute Gasteiger partial charge is 0.463 e. The summed E-state index contributed by atoms with van der Waals surface area (Å²) in [6.45, 7) is 0.426. The van der Waals surface area contributed by atoms with Crippen LogP contribution in [0.2, 0.25) is 0 Å². The Bertz CT molecular complexity index is 1460. The van der Waals surface area contributed by atoms with Gasteiger partial charge in [-0.05, 0) is 60.2 Å². The molecule has 0 atom stereocenters. The highest BCUT2D eigenvalue weighted by atomic mass is 79.9. The summed E-state index contributed by atoms with van der Waals surface area (Å²) in [6, 6.07) is 11.6. The summed E-state index contributed by atoms with van der Waals surface area (Å²) in [7, 11) is 0. The third-order valence-electron chi connectivity index (χ3n) is 5.69. The van der Waals surface area contributed by atoms with E-state index in [1.165, 1.54) is 11.1 Å². The van der Waals surface area contributed by atoms with E-state index in [0.29, 0.717) is 17.8 Å². The number of rotatable bonds is 3. The molecule has 0 unspecified atom stereocenters. The van der Waals surface area contributed by atoms with Crippen LogP contribution in [0.25, 0.3) is 33.7 Å². The molecule has 0 radical (unpaired) electrons. The van der Waals surface area contributed by atoms with Gasteiger partial charge >= 0.3 is 0 Å². The van der Waals surface area contributed by atoms with Crippen LogP contribution in [0.1, 0.15) is 23.1 Å². The number of fused-ring (bicyclic) bond motifs is 5. The fourth-order valence-electron chi connectivity index (χ4n) is 4.31. The van der Waals surface area contributed by atoms with Crippen LogP contribution in [0.5, 0.6) is 0 Å². The Morgan fingerprint density at radius 1 is 1.10 bits per heavy atom. The molecular formula is C23H16BrN3O3. The molecule has 4 heterocycles. The number of halogens is 1. The molecule has 5 aromatic rings. The van der Waals surface area contributed by atoms with Crippen LogP contribution in [0, 0.1) is 0 Å². The molecule has 0 saturated heterocycles. The number of pyridine rings is 1. The average Bonchev–Trinajstić information content (AvgIpc) is 3.50. The normalized spacial score (nSPS) is 13.4.